The molecule has 2 rings (SSSR count). The average Bonchev–Trinajstić information content (AvgIpc) is 2.67. The lowest BCUT2D eigenvalue weighted by Crippen LogP contribution is -2.41. The van der Waals surface area contributed by atoms with Crippen LogP contribution in [0.25, 0.3) is 0 Å². The van der Waals surface area contributed by atoms with Crippen LogP contribution in [-0.2, 0) is 9.59 Å². The molecule has 2 heterocycles. The van der Waals surface area contributed by atoms with E-state index < -0.39 is 0 Å². The number of amides is 2. The first-order chi connectivity index (χ1) is 7.27. The summed E-state index contributed by atoms with van der Waals surface area (Å²) in [6, 6.07) is 0. The van der Waals surface area contributed by atoms with Gasteiger partial charge >= 0.3 is 0 Å². The van der Waals surface area contributed by atoms with Crippen molar-refractivity contribution in [3.05, 3.63) is 0 Å². The summed E-state index contributed by atoms with van der Waals surface area (Å²) in [5, 5.41) is 2.89. The number of carbonyl (C=O) groups is 2. The van der Waals surface area contributed by atoms with Gasteiger partial charge in [0.2, 0.25) is 11.8 Å². The highest BCUT2D eigenvalue weighted by molar-refractivity contribution is 8.00. The number of nitrogens with one attached hydrogen (secondary N) is 1. The molecule has 2 saturated heterocycles. The Bertz CT molecular complexity index is 264. The molecule has 2 aliphatic heterocycles. The molecule has 0 aromatic heterocycles. The fourth-order valence-corrected chi connectivity index (χ4v) is 3.21. The van der Waals surface area contributed by atoms with Crippen molar-refractivity contribution in [3.8, 4) is 0 Å². The molecule has 0 saturated carbocycles. The Hall–Kier alpha value is -0.710. The molecule has 0 radical (unpaired) electrons. The number of thioether (sulfide) groups is 1. The summed E-state index contributed by atoms with van der Waals surface area (Å²) in [5.41, 5.74) is 0. The summed E-state index contributed by atoms with van der Waals surface area (Å²) < 4.78 is 0. The van der Waals surface area contributed by atoms with Crippen LogP contribution < -0.4 is 5.32 Å². The molecule has 1 unspecified atom stereocenters. The number of rotatable bonds is 1. The minimum Gasteiger partial charge on any atom is -0.354 e. The van der Waals surface area contributed by atoms with Gasteiger partial charge in [-0.05, 0) is 25.0 Å². The molecule has 1 atom stereocenters. The van der Waals surface area contributed by atoms with Gasteiger partial charge in [0.15, 0.2) is 0 Å². The van der Waals surface area contributed by atoms with E-state index in [1.165, 1.54) is 0 Å². The smallest absolute Gasteiger partial charge is 0.239 e. The molecule has 0 bridgehead atoms. The van der Waals surface area contributed by atoms with Crippen molar-refractivity contribution in [2.75, 3.05) is 25.4 Å². The van der Waals surface area contributed by atoms with Gasteiger partial charge in [-0.3, -0.25) is 9.59 Å². The molecule has 84 valence electrons. The maximum atomic E-state index is 12.0. The van der Waals surface area contributed by atoms with Gasteiger partial charge in [-0.25, -0.2) is 0 Å². The predicted octanol–water partition coefficient (Wildman–Crippen LogP) is 0.231. The summed E-state index contributed by atoms with van der Waals surface area (Å²) >= 11 is 1.73. The van der Waals surface area contributed by atoms with Gasteiger partial charge in [0, 0.05) is 13.1 Å². The zero-order chi connectivity index (χ0) is 10.7. The first-order valence-corrected chi connectivity index (χ1v) is 6.49. The zero-order valence-corrected chi connectivity index (χ0v) is 9.52. The summed E-state index contributed by atoms with van der Waals surface area (Å²) in [6.45, 7) is 1.66. The molecule has 2 amide bonds. The molecule has 0 spiro atoms. The van der Waals surface area contributed by atoms with E-state index in [4.69, 9.17) is 0 Å². The molecular formula is C10H16N2O2S. The lowest BCUT2D eigenvalue weighted by Gasteiger charge is -2.22. The van der Waals surface area contributed by atoms with Crippen molar-refractivity contribution >= 4 is 23.6 Å². The summed E-state index contributed by atoms with van der Waals surface area (Å²) in [7, 11) is 0. The number of carbonyl (C=O) groups excluding carboxylic acids is 2. The minimum atomic E-state index is -0.0242. The van der Waals surface area contributed by atoms with Crippen LogP contribution in [0, 0.1) is 0 Å². The van der Waals surface area contributed by atoms with Crippen molar-refractivity contribution in [2.24, 2.45) is 0 Å². The molecule has 0 aromatic rings. The van der Waals surface area contributed by atoms with E-state index in [0.29, 0.717) is 13.1 Å². The Balaban J connectivity index is 1.95. The molecular weight excluding hydrogens is 212 g/mol. The van der Waals surface area contributed by atoms with Crippen LogP contribution in [-0.4, -0.2) is 47.4 Å². The Morgan fingerprint density at radius 3 is 3.07 bits per heavy atom. The van der Waals surface area contributed by atoms with E-state index in [-0.39, 0.29) is 23.6 Å². The molecule has 2 fully saturated rings. The maximum absolute atomic E-state index is 12.0. The summed E-state index contributed by atoms with van der Waals surface area (Å²) in [5.74, 6) is 1.22. The predicted molar refractivity (Wildman–Crippen MR) is 59.7 cm³/mol. The molecule has 15 heavy (non-hydrogen) atoms. The fraction of sp³-hybridized carbons (Fsp3) is 0.800. The largest absolute Gasteiger partial charge is 0.354 e. The molecule has 5 heteroatoms. The fourth-order valence-electron chi connectivity index (χ4n) is 1.97. The first-order valence-electron chi connectivity index (χ1n) is 5.44. The third-order valence-corrected chi connectivity index (χ3v) is 4.14. The van der Waals surface area contributed by atoms with Gasteiger partial charge in [0.1, 0.15) is 0 Å². The SMILES string of the molecule is O=C1CN(C(=O)C2CCCS2)CCCN1. The van der Waals surface area contributed by atoms with Crippen molar-refractivity contribution < 1.29 is 9.59 Å². The average molecular weight is 228 g/mol. The summed E-state index contributed by atoms with van der Waals surface area (Å²) in [6.07, 6.45) is 2.97. The number of hydrogen-bond acceptors (Lipinski definition) is 3. The van der Waals surface area contributed by atoms with Gasteiger partial charge in [-0.1, -0.05) is 0 Å². The van der Waals surface area contributed by atoms with Crippen LogP contribution in [0.2, 0.25) is 0 Å². The summed E-state index contributed by atoms with van der Waals surface area (Å²) in [4.78, 5) is 25.0. The van der Waals surface area contributed by atoms with Crippen LogP contribution in [0.15, 0.2) is 0 Å². The minimum absolute atomic E-state index is 0.0242. The number of nitrogens with zero attached hydrogens (tertiary/aromatic N) is 1. The van der Waals surface area contributed by atoms with Gasteiger partial charge in [-0.2, -0.15) is 0 Å². The lowest BCUT2D eigenvalue weighted by atomic mass is 10.2. The van der Waals surface area contributed by atoms with Crippen molar-refractivity contribution in [1.29, 1.82) is 0 Å². The molecule has 2 aliphatic rings. The highest BCUT2D eigenvalue weighted by Crippen LogP contribution is 2.27. The van der Waals surface area contributed by atoms with E-state index in [1.807, 2.05) is 0 Å². The van der Waals surface area contributed by atoms with Gasteiger partial charge in [0.25, 0.3) is 0 Å². The van der Waals surface area contributed by atoms with Crippen molar-refractivity contribution in [3.63, 3.8) is 0 Å². The van der Waals surface area contributed by atoms with E-state index in [9.17, 15) is 9.59 Å². The highest BCUT2D eigenvalue weighted by Gasteiger charge is 2.29. The van der Waals surface area contributed by atoms with E-state index in [0.717, 1.165) is 25.0 Å². The van der Waals surface area contributed by atoms with E-state index in [2.05, 4.69) is 5.32 Å². The van der Waals surface area contributed by atoms with E-state index in [1.54, 1.807) is 16.7 Å². The van der Waals surface area contributed by atoms with Gasteiger partial charge in [0.05, 0.1) is 11.8 Å². The van der Waals surface area contributed by atoms with Gasteiger partial charge < -0.3 is 10.2 Å². The van der Waals surface area contributed by atoms with Crippen LogP contribution in [0.3, 0.4) is 0 Å². The third-order valence-electron chi connectivity index (χ3n) is 2.78. The normalized spacial score (nSPS) is 27.3. The van der Waals surface area contributed by atoms with Crippen LogP contribution in [0.5, 0.6) is 0 Å². The Morgan fingerprint density at radius 1 is 1.47 bits per heavy atom. The topological polar surface area (TPSA) is 49.4 Å². The van der Waals surface area contributed by atoms with Crippen molar-refractivity contribution in [2.45, 2.75) is 24.5 Å². The second kappa shape index (κ2) is 4.88. The van der Waals surface area contributed by atoms with E-state index >= 15 is 0 Å². The highest BCUT2D eigenvalue weighted by atomic mass is 32.2. The quantitative estimate of drug-likeness (QED) is 0.699. The van der Waals surface area contributed by atoms with Crippen LogP contribution >= 0.6 is 11.8 Å². The lowest BCUT2D eigenvalue weighted by molar-refractivity contribution is -0.134. The third kappa shape index (κ3) is 2.65. The maximum Gasteiger partial charge on any atom is 0.239 e. The Morgan fingerprint density at radius 2 is 2.33 bits per heavy atom. The molecule has 1 N–H and O–H groups in total. The monoisotopic (exact) mass is 228 g/mol. The number of hydrogen-bond donors (Lipinski definition) is 1. The second-order valence-electron chi connectivity index (χ2n) is 3.96. The van der Waals surface area contributed by atoms with Crippen LogP contribution in [0.4, 0.5) is 0 Å². The molecule has 4 nitrogen and oxygen atoms in total. The Labute approximate surface area is 93.8 Å². The van der Waals surface area contributed by atoms with Gasteiger partial charge in [-0.15, -0.1) is 11.8 Å². The first kappa shape index (κ1) is 10.8. The van der Waals surface area contributed by atoms with Crippen molar-refractivity contribution in [1.82, 2.24) is 10.2 Å². The van der Waals surface area contributed by atoms with Crippen LogP contribution in [0.1, 0.15) is 19.3 Å². The zero-order valence-electron chi connectivity index (χ0n) is 8.70. The molecule has 0 aliphatic carbocycles. The standard InChI is InChI=1S/C10H16N2O2S/c13-9-7-12(5-2-4-11-9)10(14)8-3-1-6-15-8/h8H,1-7H2,(H,11,13). The second-order valence-corrected chi connectivity index (χ2v) is 5.28. The Kier molecular flexibility index (Phi) is 3.51. The molecule has 0 aromatic carbocycles.